The topological polar surface area (TPSA) is 130 Å². The molecule has 0 spiro atoms. The van der Waals surface area contributed by atoms with E-state index in [1.54, 1.807) is 0 Å². The lowest BCUT2D eigenvalue weighted by Crippen LogP contribution is -2.47. The van der Waals surface area contributed by atoms with Crippen molar-refractivity contribution in [2.75, 3.05) is 18.2 Å². The van der Waals surface area contributed by atoms with Crippen molar-refractivity contribution >= 4 is 35.2 Å². The molecule has 2 amide bonds. The number of carbonyl (C=O) groups is 3. The van der Waals surface area contributed by atoms with Gasteiger partial charge in [0.05, 0.1) is 16.4 Å². The number of amides is 2. The summed E-state index contributed by atoms with van der Waals surface area (Å²) in [6.07, 6.45) is 0.812. The zero-order valence-electron chi connectivity index (χ0n) is 15.0. The van der Waals surface area contributed by atoms with Gasteiger partial charge in [0.15, 0.2) is 0 Å². The molecule has 146 valence electrons. The van der Waals surface area contributed by atoms with Gasteiger partial charge in [-0.2, -0.15) is 0 Å². The highest BCUT2D eigenvalue weighted by Gasteiger charge is 2.35. The number of carboxylic acids is 1. The van der Waals surface area contributed by atoms with Gasteiger partial charge in [-0.1, -0.05) is 13.8 Å². The number of non-ortho nitro benzene ring substituents is 1. The van der Waals surface area contributed by atoms with E-state index < -0.39 is 28.5 Å². The predicted molar refractivity (Wildman–Crippen MR) is 99.8 cm³/mol. The van der Waals surface area contributed by atoms with Crippen LogP contribution in [-0.2, 0) is 4.79 Å². The van der Waals surface area contributed by atoms with Crippen LogP contribution < -0.4 is 5.32 Å². The van der Waals surface area contributed by atoms with Crippen LogP contribution in [0.1, 0.15) is 41.0 Å². The Hall–Kier alpha value is -2.62. The van der Waals surface area contributed by atoms with E-state index in [2.05, 4.69) is 5.32 Å². The molecule has 0 aromatic heterocycles. The van der Waals surface area contributed by atoms with Gasteiger partial charge in [0.25, 0.3) is 11.6 Å². The lowest BCUT2D eigenvalue weighted by atomic mass is 10.1. The number of hydrogen-bond acceptors (Lipinski definition) is 6. The molecule has 0 aliphatic carbocycles. The molecule has 1 unspecified atom stereocenters. The second-order valence-corrected chi connectivity index (χ2v) is 7.59. The highest BCUT2D eigenvalue weighted by molar-refractivity contribution is 7.99. The summed E-state index contributed by atoms with van der Waals surface area (Å²) in [5.41, 5.74) is -0.954. The van der Waals surface area contributed by atoms with Crippen molar-refractivity contribution in [2.24, 2.45) is 5.92 Å². The van der Waals surface area contributed by atoms with E-state index in [0.29, 0.717) is 18.2 Å². The van der Waals surface area contributed by atoms with Gasteiger partial charge in [-0.25, -0.2) is 4.79 Å². The van der Waals surface area contributed by atoms with Gasteiger partial charge < -0.3 is 15.3 Å². The minimum atomic E-state index is -1.37. The van der Waals surface area contributed by atoms with Crippen molar-refractivity contribution in [2.45, 2.75) is 26.3 Å². The third-order valence-corrected chi connectivity index (χ3v) is 5.10. The summed E-state index contributed by atoms with van der Waals surface area (Å²) < 4.78 is 0. The minimum absolute atomic E-state index is 0.121. The van der Waals surface area contributed by atoms with E-state index in [9.17, 15) is 24.5 Å². The number of benzene rings is 1. The SMILES string of the molecule is CC(C)CCNC(=O)C1CSCN1C(=O)c1cc(C(=O)O)cc([N+](=O)[O-])c1. The Labute approximate surface area is 160 Å². The molecule has 2 rings (SSSR count). The zero-order chi connectivity index (χ0) is 20.1. The molecule has 9 nitrogen and oxygen atoms in total. The first-order valence-electron chi connectivity index (χ1n) is 8.40. The lowest BCUT2D eigenvalue weighted by Gasteiger charge is -2.23. The summed E-state index contributed by atoms with van der Waals surface area (Å²) >= 11 is 1.40. The van der Waals surface area contributed by atoms with Crippen molar-refractivity contribution in [1.82, 2.24) is 10.2 Å². The molecule has 10 heteroatoms. The van der Waals surface area contributed by atoms with Gasteiger partial charge in [0.1, 0.15) is 6.04 Å². The van der Waals surface area contributed by atoms with Gasteiger partial charge in [-0.15, -0.1) is 11.8 Å². The largest absolute Gasteiger partial charge is 0.478 e. The van der Waals surface area contributed by atoms with E-state index in [1.165, 1.54) is 16.7 Å². The van der Waals surface area contributed by atoms with Crippen LogP contribution in [0.4, 0.5) is 5.69 Å². The first-order chi connectivity index (χ1) is 12.7. The summed E-state index contributed by atoms with van der Waals surface area (Å²) in [6.45, 7) is 4.57. The molecule has 1 aromatic rings. The molecule has 1 atom stereocenters. The average molecular weight is 395 g/mol. The third-order valence-electron chi connectivity index (χ3n) is 4.09. The first kappa shape index (κ1) is 20.7. The summed E-state index contributed by atoms with van der Waals surface area (Å²) in [4.78, 5) is 48.0. The molecule has 0 radical (unpaired) electrons. The van der Waals surface area contributed by atoms with E-state index in [4.69, 9.17) is 5.11 Å². The van der Waals surface area contributed by atoms with E-state index in [-0.39, 0.29) is 22.9 Å². The van der Waals surface area contributed by atoms with Crippen molar-refractivity contribution < 1.29 is 24.4 Å². The highest BCUT2D eigenvalue weighted by Crippen LogP contribution is 2.25. The van der Waals surface area contributed by atoms with Gasteiger partial charge in [-0.05, 0) is 18.4 Å². The molecular formula is C17H21N3O6S. The Morgan fingerprint density at radius 2 is 2.00 bits per heavy atom. The molecule has 0 saturated carbocycles. The lowest BCUT2D eigenvalue weighted by molar-refractivity contribution is -0.384. The fraction of sp³-hybridized carbons (Fsp3) is 0.471. The number of carbonyl (C=O) groups excluding carboxylic acids is 2. The molecule has 1 aliphatic rings. The molecule has 1 heterocycles. The van der Waals surface area contributed by atoms with E-state index in [0.717, 1.165) is 24.6 Å². The van der Waals surface area contributed by atoms with Crippen molar-refractivity contribution in [3.8, 4) is 0 Å². The van der Waals surface area contributed by atoms with Crippen LogP contribution in [0.2, 0.25) is 0 Å². The van der Waals surface area contributed by atoms with Crippen molar-refractivity contribution in [3.63, 3.8) is 0 Å². The van der Waals surface area contributed by atoms with Crippen LogP contribution in [0.3, 0.4) is 0 Å². The third kappa shape index (κ3) is 5.19. The number of nitro groups is 1. The smallest absolute Gasteiger partial charge is 0.335 e. The van der Waals surface area contributed by atoms with Gasteiger partial charge in [0.2, 0.25) is 5.91 Å². The Bertz CT molecular complexity index is 735. The van der Waals surface area contributed by atoms with Gasteiger partial charge in [-0.3, -0.25) is 19.7 Å². The standard InChI is InChI=1S/C17H21N3O6S/c1-10(2)3-4-18-15(21)14-8-27-9-19(14)16(22)11-5-12(17(23)24)7-13(6-11)20(25)26/h5-7,10,14H,3-4,8-9H2,1-2H3,(H,18,21)(H,23,24). The highest BCUT2D eigenvalue weighted by atomic mass is 32.2. The number of aromatic carboxylic acids is 1. The summed E-state index contributed by atoms with van der Waals surface area (Å²) in [5, 5.41) is 23.0. The summed E-state index contributed by atoms with van der Waals surface area (Å²) in [7, 11) is 0. The second-order valence-electron chi connectivity index (χ2n) is 6.60. The second kappa shape index (κ2) is 8.85. The molecular weight excluding hydrogens is 374 g/mol. The number of hydrogen-bond donors (Lipinski definition) is 2. The van der Waals surface area contributed by atoms with E-state index >= 15 is 0 Å². The molecule has 1 fully saturated rings. The maximum Gasteiger partial charge on any atom is 0.335 e. The maximum atomic E-state index is 12.8. The Morgan fingerprint density at radius 3 is 2.59 bits per heavy atom. The molecule has 1 aliphatic heterocycles. The molecule has 0 bridgehead atoms. The fourth-order valence-electron chi connectivity index (χ4n) is 2.59. The Kier molecular flexibility index (Phi) is 6.78. The van der Waals surface area contributed by atoms with Crippen LogP contribution in [0.15, 0.2) is 18.2 Å². The van der Waals surface area contributed by atoms with E-state index in [1.807, 2.05) is 13.8 Å². The monoisotopic (exact) mass is 395 g/mol. The number of nitro benzene ring substituents is 1. The summed E-state index contributed by atoms with van der Waals surface area (Å²) in [5.74, 6) is -1.15. The Morgan fingerprint density at radius 1 is 1.33 bits per heavy atom. The number of nitrogens with one attached hydrogen (secondary N) is 1. The first-order valence-corrected chi connectivity index (χ1v) is 9.55. The van der Waals surface area contributed by atoms with Gasteiger partial charge >= 0.3 is 5.97 Å². The number of thioether (sulfide) groups is 1. The predicted octanol–water partition coefficient (Wildman–Crippen LogP) is 1.97. The molecule has 2 N–H and O–H groups in total. The molecule has 27 heavy (non-hydrogen) atoms. The average Bonchev–Trinajstić information content (AvgIpc) is 3.09. The van der Waals surface area contributed by atoms with Crippen LogP contribution in [0.5, 0.6) is 0 Å². The fourth-order valence-corrected chi connectivity index (χ4v) is 3.75. The van der Waals surface area contributed by atoms with Crippen molar-refractivity contribution in [3.05, 3.63) is 39.4 Å². The van der Waals surface area contributed by atoms with Gasteiger partial charge in [0, 0.05) is 30.0 Å². The van der Waals surface area contributed by atoms with Crippen LogP contribution in [0, 0.1) is 16.0 Å². The summed E-state index contributed by atoms with van der Waals surface area (Å²) in [6, 6.07) is 2.33. The number of rotatable bonds is 7. The maximum absolute atomic E-state index is 12.8. The molecule has 1 aromatic carbocycles. The number of nitrogens with zero attached hydrogens (tertiary/aromatic N) is 2. The molecule has 1 saturated heterocycles. The Balaban J connectivity index is 2.21. The van der Waals surface area contributed by atoms with Crippen LogP contribution >= 0.6 is 11.8 Å². The quantitative estimate of drug-likeness (QED) is 0.533. The minimum Gasteiger partial charge on any atom is -0.478 e. The van der Waals surface area contributed by atoms with Crippen LogP contribution in [-0.4, -0.2) is 56.9 Å². The van der Waals surface area contributed by atoms with Crippen LogP contribution in [0.25, 0.3) is 0 Å². The zero-order valence-corrected chi connectivity index (χ0v) is 15.8. The van der Waals surface area contributed by atoms with Crippen molar-refractivity contribution in [1.29, 1.82) is 0 Å². The normalized spacial score (nSPS) is 16.4. The number of carboxylic acid groups (broad SMARTS) is 1.